The van der Waals surface area contributed by atoms with Crippen molar-refractivity contribution in [2.24, 2.45) is 0 Å². The second-order valence-electron chi connectivity index (χ2n) is 1.31. The zero-order valence-electron chi connectivity index (χ0n) is 5.23. The predicted octanol–water partition coefficient (Wildman–Crippen LogP) is 1.18. The third-order valence-electron chi connectivity index (χ3n) is 0.651. The molecule has 0 fully saturated rings. The first-order valence-electron chi connectivity index (χ1n) is 2.71. The number of hydrogen-bond donors (Lipinski definition) is 1. The van der Waals surface area contributed by atoms with Crippen LogP contribution >= 0.6 is 11.9 Å². The first-order valence-corrected chi connectivity index (χ1v) is 3.70. The lowest BCUT2D eigenvalue weighted by Crippen LogP contribution is -2.13. The van der Waals surface area contributed by atoms with Crippen LogP contribution in [0.15, 0.2) is 0 Å². The molecule has 48 valence electrons. The van der Waals surface area contributed by atoms with E-state index in [9.17, 15) is 4.79 Å². The smallest absolute Gasteiger partial charge is 0.229 e. The van der Waals surface area contributed by atoms with Crippen LogP contribution in [0.2, 0.25) is 0 Å². The molecule has 0 aromatic carbocycles. The summed E-state index contributed by atoms with van der Waals surface area (Å²) in [4.78, 5) is 10.4. The Kier molecular flexibility index (Phi) is 4.85. The molecule has 0 aliphatic rings. The maximum atomic E-state index is 10.4. The van der Waals surface area contributed by atoms with Gasteiger partial charge in [0.05, 0.1) is 0 Å². The highest BCUT2D eigenvalue weighted by molar-refractivity contribution is 7.97. The van der Waals surface area contributed by atoms with E-state index in [2.05, 4.69) is 4.72 Å². The standard InChI is InChI=1S/C5H11NOS/c1-3-5(7)6-8-4-2/h3-4H2,1-2H3,(H,6,7). The van der Waals surface area contributed by atoms with E-state index in [1.807, 2.05) is 13.8 Å². The summed E-state index contributed by atoms with van der Waals surface area (Å²) in [5.74, 6) is 1.04. The highest BCUT2D eigenvalue weighted by Gasteiger charge is 1.91. The lowest BCUT2D eigenvalue weighted by molar-refractivity contribution is -0.118. The number of carbonyl (C=O) groups excluding carboxylic acids is 1. The van der Waals surface area contributed by atoms with Crippen molar-refractivity contribution in [2.45, 2.75) is 20.3 Å². The number of rotatable bonds is 3. The highest BCUT2D eigenvalue weighted by atomic mass is 32.2. The Morgan fingerprint density at radius 2 is 2.25 bits per heavy atom. The van der Waals surface area contributed by atoms with E-state index in [1.54, 1.807) is 0 Å². The lowest BCUT2D eigenvalue weighted by Gasteiger charge is -1.96. The van der Waals surface area contributed by atoms with Gasteiger partial charge in [-0.1, -0.05) is 25.8 Å². The Labute approximate surface area is 54.2 Å². The summed E-state index contributed by atoms with van der Waals surface area (Å²) in [6.45, 7) is 3.84. The van der Waals surface area contributed by atoms with Gasteiger partial charge >= 0.3 is 0 Å². The van der Waals surface area contributed by atoms with Gasteiger partial charge in [0.15, 0.2) is 0 Å². The predicted molar refractivity (Wildman–Crippen MR) is 36.6 cm³/mol. The molecule has 0 radical (unpaired) electrons. The molecule has 0 heterocycles. The summed E-state index contributed by atoms with van der Waals surface area (Å²) < 4.78 is 2.66. The Balaban J connectivity index is 2.99. The second kappa shape index (κ2) is 4.97. The van der Waals surface area contributed by atoms with Crippen molar-refractivity contribution in [3.63, 3.8) is 0 Å². The minimum atomic E-state index is 0.108. The number of nitrogens with one attached hydrogen (secondary N) is 1. The molecule has 0 unspecified atom stereocenters. The zero-order valence-corrected chi connectivity index (χ0v) is 6.05. The number of hydrogen-bond acceptors (Lipinski definition) is 2. The van der Waals surface area contributed by atoms with Crippen LogP contribution in [0.5, 0.6) is 0 Å². The molecule has 0 aliphatic heterocycles. The molecule has 8 heavy (non-hydrogen) atoms. The Morgan fingerprint density at radius 1 is 1.62 bits per heavy atom. The Bertz CT molecular complexity index is 74.8. The van der Waals surface area contributed by atoms with E-state index in [4.69, 9.17) is 0 Å². The fraction of sp³-hybridized carbons (Fsp3) is 0.800. The van der Waals surface area contributed by atoms with Gasteiger partial charge in [-0.15, -0.1) is 0 Å². The average Bonchev–Trinajstić information content (AvgIpc) is 1.83. The van der Waals surface area contributed by atoms with E-state index in [0.29, 0.717) is 6.42 Å². The second-order valence-corrected chi connectivity index (χ2v) is 2.38. The maximum Gasteiger partial charge on any atom is 0.229 e. The summed E-state index contributed by atoms with van der Waals surface area (Å²) in [5.41, 5.74) is 0. The van der Waals surface area contributed by atoms with Gasteiger partial charge in [-0.3, -0.25) is 4.79 Å². The fourth-order valence-electron chi connectivity index (χ4n) is 0.225. The summed E-state index contributed by atoms with van der Waals surface area (Å²) in [7, 11) is 0. The number of amides is 1. The molecule has 0 rings (SSSR count). The molecule has 1 amide bonds. The Morgan fingerprint density at radius 3 is 2.62 bits per heavy atom. The maximum absolute atomic E-state index is 10.4. The van der Waals surface area contributed by atoms with Gasteiger partial charge in [0, 0.05) is 12.2 Å². The Hall–Kier alpha value is -0.180. The largest absolute Gasteiger partial charge is 0.300 e. The van der Waals surface area contributed by atoms with Crippen molar-refractivity contribution < 1.29 is 4.79 Å². The van der Waals surface area contributed by atoms with Crippen LogP contribution in [0, 0.1) is 0 Å². The molecular formula is C5H11NOS. The van der Waals surface area contributed by atoms with Crippen molar-refractivity contribution in [1.29, 1.82) is 0 Å². The van der Waals surface area contributed by atoms with Gasteiger partial charge in [0.2, 0.25) is 5.91 Å². The molecule has 0 atom stereocenters. The molecule has 0 saturated heterocycles. The van der Waals surface area contributed by atoms with Crippen molar-refractivity contribution >= 4 is 17.9 Å². The van der Waals surface area contributed by atoms with Crippen molar-refractivity contribution in [1.82, 2.24) is 4.72 Å². The van der Waals surface area contributed by atoms with Gasteiger partial charge in [0.1, 0.15) is 0 Å². The van der Waals surface area contributed by atoms with Gasteiger partial charge in [-0.2, -0.15) is 0 Å². The molecular weight excluding hydrogens is 122 g/mol. The molecule has 0 saturated carbocycles. The quantitative estimate of drug-likeness (QED) is 0.586. The monoisotopic (exact) mass is 133 g/mol. The molecule has 0 aromatic rings. The third kappa shape index (κ3) is 3.99. The van der Waals surface area contributed by atoms with Crippen LogP contribution in [0.3, 0.4) is 0 Å². The highest BCUT2D eigenvalue weighted by Crippen LogP contribution is 1.90. The van der Waals surface area contributed by atoms with Crippen LogP contribution in [0.4, 0.5) is 0 Å². The molecule has 0 spiro atoms. The van der Waals surface area contributed by atoms with Crippen molar-refractivity contribution in [3.05, 3.63) is 0 Å². The van der Waals surface area contributed by atoms with E-state index in [-0.39, 0.29) is 5.91 Å². The summed E-state index contributed by atoms with van der Waals surface area (Å²) in [6, 6.07) is 0. The summed E-state index contributed by atoms with van der Waals surface area (Å²) in [5, 5.41) is 0. The molecule has 2 nitrogen and oxygen atoms in total. The molecule has 0 aromatic heterocycles. The lowest BCUT2D eigenvalue weighted by atomic mass is 10.5. The van der Waals surface area contributed by atoms with E-state index in [1.165, 1.54) is 11.9 Å². The van der Waals surface area contributed by atoms with E-state index >= 15 is 0 Å². The zero-order chi connectivity index (χ0) is 6.41. The fourth-order valence-corrected chi connectivity index (χ4v) is 0.674. The van der Waals surface area contributed by atoms with Crippen molar-refractivity contribution in [2.75, 3.05) is 5.75 Å². The first-order chi connectivity index (χ1) is 3.81. The average molecular weight is 133 g/mol. The number of carbonyl (C=O) groups is 1. The minimum Gasteiger partial charge on any atom is -0.300 e. The molecule has 3 heteroatoms. The normalized spacial score (nSPS) is 8.75. The molecule has 0 aliphatic carbocycles. The topological polar surface area (TPSA) is 29.1 Å². The van der Waals surface area contributed by atoms with E-state index in [0.717, 1.165) is 5.75 Å². The van der Waals surface area contributed by atoms with Gasteiger partial charge in [-0.05, 0) is 0 Å². The van der Waals surface area contributed by atoms with Crippen LogP contribution in [0.25, 0.3) is 0 Å². The van der Waals surface area contributed by atoms with Crippen molar-refractivity contribution in [3.8, 4) is 0 Å². The SMILES string of the molecule is CCSNC(=O)CC. The summed E-state index contributed by atoms with van der Waals surface area (Å²) in [6.07, 6.45) is 0.576. The molecule has 0 bridgehead atoms. The van der Waals surface area contributed by atoms with Gasteiger partial charge in [0.25, 0.3) is 0 Å². The van der Waals surface area contributed by atoms with E-state index < -0.39 is 0 Å². The van der Waals surface area contributed by atoms with Gasteiger partial charge < -0.3 is 4.72 Å². The van der Waals surface area contributed by atoms with Crippen LogP contribution in [-0.4, -0.2) is 11.7 Å². The third-order valence-corrected chi connectivity index (χ3v) is 1.31. The van der Waals surface area contributed by atoms with Gasteiger partial charge in [-0.25, -0.2) is 0 Å². The first kappa shape index (κ1) is 7.82. The summed E-state index contributed by atoms with van der Waals surface area (Å²) >= 11 is 1.44. The minimum absolute atomic E-state index is 0.108. The van der Waals surface area contributed by atoms with Crippen LogP contribution in [0.1, 0.15) is 20.3 Å². The van der Waals surface area contributed by atoms with Crippen LogP contribution in [-0.2, 0) is 4.79 Å². The van der Waals surface area contributed by atoms with Crippen LogP contribution < -0.4 is 4.72 Å². The molecule has 1 N–H and O–H groups in total.